The molecule has 112 valence electrons. The minimum atomic E-state index is -3.75. The highest BCUT2D eigenvalue weighted by Crippen LogP contribution is 2.18. The number of rotatable bonds is 7. The van der Waals surface area contributed by atoms with Gasteiger partial charge in [-0.25, -0.2) is 13.6 Å². The average Bonchev–Trinajstić information content (AvgIpc) is 2.39. The van der Waals surface area contributed by atoms with Crippen LogP contribution in [0.4, 0.5) is 5.69 Å². The van der Waals surface area contributed by atoms with Crippen LogP contribution in [-0.4, -0.2) is 14.3 Å². The van der Waals surface area contributed by atoms with Gasteiger partial charge in [0.2, 0.25) is 15.9 Å². The third-order valence-electron chi connectivity index (χ3n) is 3.20. The number of anilines is 1. The molecule has 0 saturated carbocycles. The van der Waals surface area contributed by atoms with Crippen LogP contribution in [0.5, 0.6) is 0 Å². The number of hydrogen-bond donors (Lipinski definition) is 2. The number of sulfonamides is 1. The lowest BCUT2D eigenvalue weighted by molar-refractivity contribution is -0.120. The van der Waals surface area contributed by atoms with Crippen molar-refractivity contribution < 1.29 is 13.2 Å². The summed E-state index contributed by atoms with van der Waals surface area (Å²) in [5.74, 6) is -0.124. The maximum absolute atomic E-state index is 12.1. The predicted octanol–water partition coefficient (Wildman–Crippen LogP) is 2.49. The summed E-state index contributed by atoms with van der Waals surface area (Å²) in [5, 5.41) is 7.82. The van der Waals surface area contributed by atoms with Crippen LogP contribution in [0.2, 0.25) is 0 Å². The lowest BCUT2D eigenvalue weighted by Gasteiger charge is -2.14. The number of hydrogen-bond acceptors (Lipinski definition) is 3. The highest BCUT2D eigenvalue weighted by molar-refractivity contribution is 7.89. The molecule has 1 rings (SSSR count). The second-order valence-corrected chi connectivity index (χ2v) is 6.37. The first-order chi connectivity index (χ1) is 9.38. The van der Waals surface area contributed by atoms with Gasteiger partial charge in [0, 0.05) is 11.6 Å². The summed E-state index contributed by atoms with van der Waals surface area (Å²) < 4.78 is 22.5. The number of benzene rings is 1. The molecule has 6 heteroatoms. The lowest BCUT2D eigenvalue weighted by Crippen LogP contribution is -2.22. The first-order valence-corrected chi connectivity index (χ1v) is 8.36. The predicted molar refractivity (Wildman–Crippen MR) is 79.8 cm³/mol. The fourth-order valence-electron chi connectivity index (χ4n) is 1.97. The van der Waals surface area contributed by atoms with Crippen LogP contribution in [0.25, 0.3) is 0 Å². The van der Waals surface area contributed by atoms with Crippen LogP contribution in [0, 0.1) is 5.92 Å². The molecule has 1 unspecified atom stereocenters. The second kappa shape index (κ2) is 7.40. The molecule has 0 bridgehead atoms. The molecule has 0 saturated heterocycles. The number of nitrogens with one attached hydrogen (secondary N) is 1. The Morgan fingerprint density at radius 1 is 1.35 bits per heavy atom. The van der Waals surface area contributed by atoms with Gasteiger partial charge in [-0.3, -0.25) is 4.79 Å². The van der Waals surface area contributed by atoms with Gasteiger partial charge < -0.3 is 5.32 Å². The Morgan fingerprint density at radius 2 is 2.05 bits per heavy atom. The standard InChI is InChI=1S/C14H22N2O3S/c1-3-5-7-11(4-2)14(17)16-12-8-6-9-13(10-12)20(15,18)19/h6,8-11H,3-5,7H2,1-2H3,(H,16,17)(H2,15,18,19). The van der Waals surface area contributed by atoms with Crippen molar-refractivity contribution in [2.24, 2.45) is 11.1 Å². The van der Waals surface area contributed by atoms with Crippen molar-refractivity contribution in [3.63, 3.8) is 0 Å². The first-order valence-electron chi connectivity index (χ1n) is 6.82. The van der Waals surface area contributed by atoms with E-state index in [-0.39, 0.29) is 16.7 Å². The van der Waals surface area contributed by atoms with Crippen molar-refractivity contribution in [3.05, 3.63) is 24.3 Å². The molecule has 1 atom stereocenters. The van der Waals surface area contributed by atoms with E-state index >= 15 is 0 Å². The van der Waals surface area contributed by atoms with E-state index in [2.05, 4.69) is 12.2 Å². The maximum atomic E-state index is 12.1. The van der Waals surface area contributed by atoms with Crippen LogP contribution in [0.1, 0.15) is 39.5 Å². The average molecular weight is 298 g/mol. The Hall–Kier alpha value is -1.40. The molecule has 3 N–H and O–H groups in total. The van der Waals surface area contributed by atoms with Gasteiger partial charge in [0.15, 0.2) is 0 Å². The maximum Gasteiger partial charge on any atom is 0.238 e. The monoisotopic (exact) mass is 298 g/mol. The molecule has 0 radical (unpaired) electrons. The summed E-state index contributed by atoms with van der Waals surface area (Å²) in [6.07, 6.45) is 3.66. The van der Waals surface area contributed by atoms with E-state index in [1.54, 1.807) is 12.1 Å². The molecule has 0 fully saturated rings. The van der Waals surface area contributed by atoms with Crippen molar-refractivity contribution in [1.82, 2.24) is 0 Å². The van der Waals surface area contributed by atoms with Crippen molar-refractivity contribution in [2.75, 3.05) is 5.32 Å². The summed E-state index contributed by atoms with van der Waals surface area (Å²) in [5.41, 5.74) is 0.455. The molecule has 0 aliphatic heterocycles. The molecule has 0 heterocycles. The zero-order chi connectivity index (χ0) is 15.2. The van der Waals surface area contributed by atoms with Crippen molar-refractivity contribution in [2.45, 2.75) is 44.4 Å². The summed E-state index contributed by atoms with van der Waals surface area (Å²) in [7, 11) is -3.75. The normalized spacial score (nSPS) is 12.9. The highest BCUT2D eigenvalue weighted by atomic mass is 32.2. The van der Waals surface area contributed by atoms with Gasteiger partial charge in [0.25, 0.3) is 0 Å². The molecule has 1 aromatic rings. The summed E-state index contributed by atoms with van der Waals surface area (Å²) >= 11 is 0. The van der Waals surface area contributed by atoms with E-state index in [0.717, 1.165) is 25.7 Å². The van der Waals surface area contributed by atoms with Gasteiger partial charge in [-0.05, 0) is 31.0 Å². The summed E-state index contributed by atoms with van der Waals surface area (Å²) in [4.78, 5) is 12.1. The fraction of sp³-hybridized carbons (Fsp3) is 0.500. The van der Waals surface area contributed by atoms with Crippen molar-refractivity contribution >= 4 is 21.6 Å². The molecule has 1 aromatic carbocycles. The van der Waals surface area contributed by atoms with E-state index in [9.17, 15) is 13.2 Å². The molecule has 0 aliphatic carbocycles. The summed E-state index contributed by atoms with van der Waals surface area (Å²) in [6.45, 7) is 4.06. The molecular formula is C14H22N2O3S. The van der Waals surface area contributed by atoms with E-state index in [1.165, 1.54) is 12.1 Å². The number of primary sulfonamides is 1. The number of carbonyl (C=O) groups is 1. The molecule has 20 heavy (non-hydrogen) atoms. The van der Waals surface area contributed by atoms with Crippen LogP contribution in [-0.2, 0) is 14.8 Å². The molecule has 0 spiro atoms. The largest absolute Gasteiger partial charge is 0.326 e. The minimum Gasteiger partial charge on any atom is -0.326 e. The van der Waals surface area contributed by atoms with E-state index < -0.39 is 10.0 Å². The van der Waals surface area contributed by atoms with Gasteiger partial charge in [-0.15, -0.1) is 0 Å². The van der Waals surface area contributed by atoms with E-state index in [4.69, 9.17) is 5.14 Å². The first kappa shape index (κ1) is 16.7. The number of carbonyl (C=O) groups excluding carboxylic acids is 1. The third kappa shape index (κ3) is 4.94. The van der Waals surface area contributed by atoms with Gasteiger partial charge >= 0.3 is 0 Å². The smallest absolute Gasteiger partial charge is 0.238 e. The van der Waals surface area contributed by atoms with Crippen molar-refractivity contribution in [1.29, 1.82) is 0 Å². The zero-order valence-corrected chi connectivity index (χ0v) is 12.7. The zero-order valence-electron chi connectivity index (χ0n) is 11.9. The van der Waals surface area contributed by atoms with Gasteiger partial charge in [-0.2, -0.15) is 0 Å². The Bertz CT molecular complexity index is 555. The SMILES string of the molecule is CCCCC(CC)C(=O)Nc1cccc(S(N)(=O)=O)c1. The Balaban J connectivity index is 2.80. The van der Waals surface area contributed by atoms with Gasteiger partial charge in [0.1, 0.15) is 0 Å². The molecule has 0 aromatic heterocycles. The van der Waals surface area contributed by atoms with Gasteiger partial charge in [0.05, 0.1) is 4.90 Å². The minimum absolute atomic E-state index is 0.00286. The van der Waals surface area contributed by atoms with E-state index in [1.807, 2.05) is 6.92 Å². The quantitative estimate of drug-likeness (QED) is 0.810. The van der Waals surface area contributed by atoms with Crippen molar-refractivity contribution in [3.8, 4) is 0 Å². The summed E-state index contributed by atoms with van der Waals surface area (Å²) in [6, 6.07) is 5.99. The molecule has 5 nitrogen and oxygen atoms in total. The molecule has 0 aliphatic rings. The Morgan fingerprint density at radius 3 is 2.60 bits per heavy atom. The fourth-order valence-corrected chi connectivity index (χ4v) is 2.53. The van der Waals surface area contributed by atoms with E-state index in [0.29, 0.717) is 5.69 Å². The van der Waals surface area contributed by atoms with Crippen LogP contribution >= 0.6 is 0 Å². The molecule has 1 amide bonds. The van der Waals surface area contributed by atoms with Crippen LogP contribution in [0.15, 0.2) is 29.2 Å². The Labute approximate surface area is 120 Å². The molecular weight excluding hydrogens is 276 g/mol. The second-order valence-electron chi connectivity index (χ2n) is 4.81. The van der Waals surface area contributed by atoms with Gasteiger partial charge in [-0.1, -0.05) is 32.8 Å². The number of nitrogens with two attached hydrogens (primary N) is 1. The number of amides is 1. The topological polar surface area (TPSA) is 89.3 Å². The highest BCUT2D eigenvalue weighted by Gasteiger charge is 2.16. The Kier molecular flexibility index (Phi) is 6.16. The number of unbranched alkanes of at least 4 members (excludes halogenated alkanes) is 1. The third-order valence-corrected chi connectivity index (χ3v) is 4.11. The van der Waals surface area contributed by atoms with Crippen LogP contribution in [0.3, 0.4) is 0 Å². The lowest BCUT2D eigenvalue weighted by atomic mass is 9.98. The van der Waals surface area contributed by atoms with Crippen LogP contribution < -0.4 is 10.5 Å².